The number of nitrogens with zero attached hydrogens (tertiary/aromatic N) is 5. The molecular formula is C29H30ClN5O. The van der Waals surface area contributed by atoms with E-state index in [4.69, 9.17) is 16.6 Å². The minimum Gasteiger partial charge on any atom is -0.316 e. The molecule has 2 bridgehead atoms. The first-order valence-electron chi connectivity index (χ1n) is 12.7. The molecule has 0 saturated carbocycles. The summed E-state index contributed by atoms with van der Waals surface area (Å²) < 4.78 is 2.19. The van der Waals surface area contributed by atoms with Crippen LogP contribution in [0.5, 0.6) is 0 Å². The third-order valence-corrected chi connectivity index (χ3v) is 7.77. The number of hydrogen-bond acceptors (Lipinski definition) is 3. The number of urea groups is 1. The van der Waals surface area contributed by atoms with E-state index in [-0.39, 0.29) is 18.1 Å². The van der Waals surface area contributed by atoms with Crippen molar-refractivity contribution in [3.8, 4) is 11.3 Å². The number of rotatable bonds is 5. The summed E-state index contributed by atoms with van der Waals surface area (Å²) in [5.41, 5.74) is 5.13. The van der Waals surface area contributed by atoms with Crippen molar-refractivity contribution in [2.75, 3.05) is 24.5 Å². The molecule has 2 amide bonds. The minimum absolute atomic E-state index is 0.132. The molecule has 7 heteroatoms. The summed E-state index contributed by atoms with van der Waals surface area (Å²) in [6, 6.07) is 24.6. The van der Waals surface area contributed by atoms with Crippen LogP contribution in [0, 0.1) is 0 Å². The van der Waals surface area contributed by atoms with E-state index in [1.165, 1.54) is 5.69 Å². The van der Waals surface area contributed by atoms with Crippen LogP contribution >= 0.6 is 11.6 Å². The van der Waals surface area contributed by atoms with E-state index in [2.05, 4.69) is 20.4 Å². The summed E-state index contributed by atoms with van der Waals surface area (Å²) in [7, 11) is 0. The maximum Gasteiger partial charge on any atom is 0.325 e. The number of hydrogen-bond donors (Lipinski definition) is 0. The first-order chi connectivity index (χ1) is 17.6. The van der Waals surface area contributed by atoms with Crippen LogP contribution in [-0.4, -0.2) is 56.9 Å². The van der Waals surface area contributed by atoms with Gasteiger partial charge in [0.2, 0.25) is 0 Å². The summed E-state index contributed by atoms with van der Waals surface area (Å²) >= 11 is 6.15. The van der Waals surface area contributed by atoms with Gasteiger partial charge in [0.1, 0.15) is 5.65 Å². The number of piperazine rings is 1. The highest BCUT2D eigenvalue weighted by Crippen LogP contribution is 2.34. The highest BCUT2D eigenvalue weighted by Gasteiger charge is 2.44. The van der Waals surface area contributed by atoms with E-state index in [0.29, 0.717) is 6.54 Å². The number of imidazole rings is 1. The largest absolute Gasteiger partial charge is 0.325 e. The Balaban J connectivity index is 1.26. The lowest BCUT2D eigenvalue weighted by Crippen LogP contribution is -2.58. The van der Waals surface area contributed by atoms with Gasteiger partial charge in [-0.15, -0.1) is 0 Å². The Morgan fingerprint density at radius 1 is 0.972 bits per heavy atom. The Morgan fingerprint density at radius 3 is 2.36 bits per heavy atom. The zero-order valence-corrected chi connectivity index (χ0v) is 21.2. The van der Waals surface area contributed by atoms with E-state index in [1.807, 2.05) is 84.6 Å². The van der Waals surface area contributed by atoms with Gasteiger partial charge in [-0.25, -0.2) is 9.78 Å². The average Bonchev–Trinajstić information content (AvgIpc) is 3.40. The predicted molar refractivity (Wildman–Crippen MR) is 144 cm³/mol. The highest BCUT2D eigenvalue weighted by molar-refractivity contribution is 6.30. The van der Waals surface area contributed by atoms with Crippen molar-refractivity contribution < 1.29 is 4.79 Å². The lowest BCUT2D eigenvalue weighted by atomic mass is 10.1. The van der Waals surface area contributed by atoms with Crippen LogP contribution in [0.2, 0.25) is 5.02 Å². The van der Waals surface area contributed by atoms with E-state index < -0.39 is 0 Å². The van der Waals surface area contributed by atoms with Crippen LogP contribution in [0.15, 0.2) is 79.0 Å². The van der Waals surface area contributed by atoms with Crippen molar-refractivity contribution in [1.82, 2.24) is 19.2 Å². The Morgan fingerprint density at radius 2 is 1.67 bits per heavy atom. The van der Waals surface area contributed by atoms with Crippen LogP contribution in [0.1, 0.15) is 25.5 Å². The molecule has 0 aliphatic carbocycles. The molecule has 2 aliphatic rings. The average molecular weight is 500 g/mol. The predicted octanol–water partition coefficient (Wildman–Crippen LogP) is 5.95. The number of carbonyl (C=O) groups is 1. The molecule has 4 heterocycles. The first kappa shape index (κ1) is 23.1. The van der Waals surface area contributed by atoms with Crippen LogP contribution in [0.25, 0.3) is 16.9 Å². The van der Waals surface area contributed by atoms with Gasteiger partial charge in [-0.2, -0.15) is 0 Å². The van der Waals surface area contributed by atoms with E-state index in [9.17, 15) is 4.79 Å². The number of carbonyl (C=O) groups excluding carboxylic acids is 1. The standard InChI is InChI=1S/C29H30ClN5O/c1-2-33(23-8-4-3-5-9-23)29(36)35-24-15-16-25(35)19-32(18-24)20-26-28(21-11-13-22(30)14-12-21)31-27-10-6-7-17-34(26)27/h3-14,17,24-25H,2,15-16,18-20H2,1H3. The molecule has 6 rings (SSSR count). The highest BCUT2D eigenvalue weighted by atomic mass is 35.5. The third kappa shape index (κ3) is 4.14. The number of likely N-dealkylation sites (tertiary alicyclic amines) is 1. The fourth-order valence-electron chi connectivity index (χ4n) is 5.86. The molecule has 2 aromatic heterocycles. The normalized spacial score (nSPS) is 19.7. The molecule has 2 atom stereocenters. The maximum atomic E-state index is 13.7. The van der Waals surface area contributed by atoms with Gasteiger partial charge in [0.05, 0.1) is 11.4 Å². The van der Waals surface area contributed by atoms with Gasteiger partial charge >= 0.3 is 6.03 Å². The van der Waals surface area contributed by atoms with Gasteiger partial charge in [-0.3, -0.25) is 9.80 Å². The molecule has 2 unspecified atom stereocenters. The SMILES string of the molecule is CCN(C(=O)N1C2CCC1CN(Cc1c(-c3ccc(Cl)cc3)nc3ccccn13)C2)c1ccccc1. The first-order valence-corrected chi connectivity index (χ1v) is 13.1. The Labute approximate surface area is 216 Å². The van der Waals surface area contributed by atoms with Crippen molar-refractivity contribution in [3.63, 3.8) is 0 Å². The summed E-state index contributed by atoms with van der Waals surface area (Å²) in [5, 5.41) is 0.720. The molecule has 0 spiro atoms. The van der Waals surface area contributed by atoms with Gasteiger partial charge in [-0.1, -0.05) is 48.0 Å². The Hall–Kier alpha value is -3.35. The number of anilines is 1. The van der Waals surface area contributed by atoms with Gasteiger partial charge in [0.25, 0.3) is 0 Å². The fraction of sp³-hybridized carbons (Fsp3) is 0.310. The molecular weight excluding hydrogens is 470 g/mol. The molecule has 0 radical (unpaired) electrons. The molecule has 36 heavy (non-hydrogen) atoms. The van der Waals surface area contributed by atoms with Gasteiger partial charge < -0.3 is 9.30 Å². The lowest BCUT2D eigenvalue weighted by Gasteiger charge is -2.43. The monoisotopic (exact) mass is 499 g/mol. The number of halogens is 1. The Bertz CT molecular complexity index is 1360. The zero-order valence-electron chi connectivity index (χ0n) is 20.4. The van der Waals surface area contributed by atoms with Crippen LogP contribution < -0.4 is 4.90 Å². The Kier molecular flexibility index (Phi) is 6.15. The molecule has 2 aliphatic heterocycles. The summed E-state index contributed by atoms with van der Waals surface area (Å²) in [6.45, 7) is 5.23. The van der Waals surface area contributed by atoms with E-state index >= 15 is 0 Å². The van der Waals surface area contributed by atoms with Gasteiger partial charge in [-0.05, 0) is 56.2 Å². The maximum absolute atomic E-state index is 13.7. The number of para-hydroxylation sites is 1. The lowest BCUT2D eigenvalue weighted by molar-refractivity contribution is 0.0865. The smallest absolute Gasteiger partial charge is 0.316 e. The van der Waals surface area contributed by atoms with Crippen LogP contribution in [0.3, 0.4) is 0 Å². The molecule has 0 N–H and O–H groups in total. The van der Waals surface area contributed by atoms with Crippen molar-refractivity contribution >= 4 is 29.0 Å². The van der Waals surface area contributed by atoms with Gasteiger partial charge in [0.15, 0.2) is 0 Å². The van der Waals surface area contributed by atoms with Gasteiger partial charge in [0, 0.05) is 60.7 Å². The van der Waals surface area contributed by atoms with E-state index in [1.54, 1.807) is 0 Å². The van der Waals surface area contributed by atoms with Crippen molar-refractivity contribution in [2.24, 2.45) is 0 Å². The third-order valence-electron chi connectivity index (χ3n) is 7.51. The number of aromatic nitrogens is 2. The molecule has 2 saturated heterocycles. The second kappa shape index (κ2) is 9.60. The number of amides is 2. The number of pyridine rings is 1. The second-order valence-corrected chi connectivity index (χ2v) is 10.1. The molecule has 2 fully saturated rings. The van der Waals surface area contributed by atoms with Crippen LogP contribution in [-0.2, 0) is 6.54 Å². The second-order valence-electron chi connectivity index (χ2n) is 9.69. The zero-order chi connectivity index (χ0) is 24.6. The fourth-order valence-corrected chi connectivity index (χ4v) is 5.98. The quantitative estimate of drug-likeness (QED) is 0.341. The summed E-state index contributed by atoms with van der Waals surface area (Å²) in [6.07, 6.45) is 4.19. The van der Waals surface area contributed by atoms with Crippen LogP contribution in [0.4, 0.5) is 10.5 Å². The van der Waals surface area contributed by atoms with Crippen molar-refractivity contribution in [3.05, 3.63) is 89.7 Å². The summed E-state index contributed by atoms with van der Waals surface area (Å²) in [4.78, 5) is 25.2. The molecule has 2 aromatic carbocycles. The molecule has 184 valence electrons. The molecule has 6 nitrogen and oxygen atoms in total. The van der Waals surface area contributed by atoms with Crippen molar-refractivity contribution in [1.29, 1.82) is 0 Å². The number of benzene rings is 2. The summed E-state index contributed by atoms with van der Waals surface area (Å²) in [5.74, 6) is 0. The molecule has 4 aromatic rings. The van der Waals surface area contributed by atoms with E-state index in [0.717, 1.165) is 60.1 Å². The topological polar surface area (TPSA) is 44.1 Å². The van der Waals surface area contributed by atoms with Crippen molar-refractivity contribution in [2.45, 2.75) is 38.4 Å². The number of fused-ring (bicyclic) bond motifs is 3. The minimum atomic E-state index is 0.132.